The number of aromatic nitrogens is 1. The van der Waals surface area contributed by atoms with Crippen molar-refractivity contribution in [2.75, 3.05) is 0 Å². The molecule has 0 saturated heterocycles. The first-order chi connectivity index (χ1) is 8.72. The molecule has 92 valence electrons. The zero-order valence-electron chi connectivity index (χ0n) is 10.6. The normalized spacial score (nSPS) is 18.3. The number of benzene rings is 1. The monoisotopic (exact) mass is 238 g/mol. The van der Waals surface area contributed by atoms with Gasteiger partial charge in [-0.1, -0.05) is 36.4 Å². The van der Waals surface area contributed by atoms with Crippen molar-refractivity contribution in [1.82, 2.24) is 4.98 Å². The minimum Gasteiger partial charge on any atom is -0.323 e. The van der Waals surface area contributed by atoms with Crippen molar-refractivity contribution >= 4 is 0 Å². The average Bonchev–Trinajstić information content (AvgIpc) is 3.20. The van der Waals surface area contributed by atoms with Crippen LogP contribution < -0.4 is 5.73 Å². The predicted molar refractivity (Wildman–Crippen MR) is 73.3 cm³/mol. The lowest BCUT2D eigenvalue weighted by atomic mass is 9.85. The SMILES string of the molecule is Cc1cncc(C(N)C2(c3ccccc3)CC2)c1. The van der Waals surface area contributed by atoms with Gasteiger partial charge in [0.25, 0.3) is 0 Å². The van der Waals surface area contributed by atoms with Gasteiger partial charge in [-0.05, 0) is 36.5 Å². The number of pyridine rings is 1. The number of hydrogen-bond acceptors (Lipinski definition) is 2. The third-order valence-electron chi connectivity index (χ3n) is 3.99. The molecule has 0 aliphatic heterocycles. The van der Waals surface area contributed by atoms with Crippen LogP contribution in [0.5, 0.6) is 0 Å². The summed E-state index contributed by atoms with van der Waals surface area (Å²) in [4.78, 5) is 4.26. The van der Waals surface area contributed by atoms with Crippen LogP contribution in [0.1, 0.15) is 35.6 Å². The van der Waals surface area contributed by atoms with Gasteiger partial charge in [-0.3, -0.25) is 4.98 Å². The molecule has 1 aromatic heterocycles. The second-order valence-corrected chi connectivity index (χ2v) is 5.30. The molecule has 2 aromatic rings. The molecule has 2 N–H and O–H groups in total. The van der Waals surface area contributed by atoms with Gasteiger partial charge in [-0.15, -0.1) is 0 Å². The fourth-order valence-corrected chi connectivity index (χ4v) is 2.75. The highest BCUT2D eigenvalue weighted by molar-refractivity contribution is 5.38. The zero-order valence-corrected chi connectivity index (χ0v) is 10.6. The molecule has 2 heteroatoms. The molecule has 1 unspecified atom stereocenters. The number of nitrogens with two attached hydrogens (primary N) is 1. The number of aryl methyl sites for hydroxylation is 1. The molecule has 0 spiro atoms. The molecule has 3 rings (SSSR count). The Hall–Kier alpha value is -1.67. The molecule has 1 saturated carbocycles. The molecule has 18 heavy (non-hydrogen) atoms. The highest BCUT2D eigenvalue weighted by atomic mass is 14.8. The Balaban J connectivity index is 1.95. The lowest BCUT2D eigenvalue weighted by Gasteiger charge is -2.24. The van der Waals surface area contributed by atoms with E-state index in [0.29, 0.717) is 0 Å². The maximum Gasteiger partial charge on any atom is 0.0408 e. The Morgan fingerprint density at radius 3 is 2.50 bits per heavy atom. The Bertz CT molecular complexity index is 544. The van der Waals surface area contributed by atoms with Crippen molar-refractivity contribution < 1.29 is 0 Å². The summed E-state index contributed by atoms with van der Waals surface area (Å²) in [6.45, 7) is 2.06. The van der Waals surface area contributed by atoms with E-state index in [-0.39, 0.29) is 11.5 Å². The van der Waals surface area contributed by atoms with Crippen LogP contribution in [0.4, 0.5) is 0 Å². The van der Waals surface area contributed by atoms with Crippen molar-refractivity contribution in [1.29, 1.82) is 0 Å². The topological polar surface area (TPSA) is 38.9 Å². The smallest absolute Gasteiger partial charge is 0.0408 e. The van der Waals surface area contributed by atoms with Gasteiger partial charge in [-0.25, -0.2) is 0 Å². The van der Waals surface area contributed by atoms with Crippen LogP contribution in [-0.4, -0.2) is 4.98 Å². The minimum absolute atomic E-state index is 0.0484. The predicted octanol–water partition coefficient (Wildman–Crippen LogP) is 3.12. The second-order valence-electron chi connectivity index (χ2n) is 5.30. The van der Waals surface area contributed by atoms with Gasteiger partial charge in [0.15, 0.2) is 0 Å². The maximum atomic E-state index is 6.50. The maximum absolute atomic E-state index is 6.50. The van der Waals surface area contributed by atoms with Crippen molar-refractivity contribution in [2.45, 2.75) is 31.2 Å². The Morgan fingerprint density at radius 2 is 1.89 bits per heavy atom. The van der Waals surface area contributed by atoms with E-state index in [0.717, 1.165) is 5.56 Å². The van der Waals surface area contributed by atoms with Crippen LogP contribution in [-0.2, 0) is 5.41 Å². The third kappa shape index (κ3) is 1.83. The first-order valence-corrected chi connectivity index (χ1v) is 6.45. The van der Waals surface area contributed by atoms with Crippen LogP contribution in [0.3, 0.4) is 0 Å². The molecule has 1 aliphatic carbocycles. The number of nitrogens with zero attached hydrogens (tertiary/aromatic N) is 1. The van der Waals surface area contributed by atoms with Crippen molar-refractivity contribution in [3.05, 3.63) is 65.5 Å². The molecular weight excluding hydrogens is 220 g/mol. The van der Waals surface area contributed by atoms with Gasteiger partial charge in [0.1, 0.15) is 0 Å². The fourth-order valence-electron chi connectivity index (χ4n) is 2.75. The molecule has 0 radical (unpaired) electrons. The van der Waals surface area contributed by atoms with Crippen molar-refractivity contribution in [3.63, 3.8) is 0 Å². The van der Waals surface area contributed by atoms with Gasteiger partial charge in [-0.2, -0.15) is 0 Å². The fraction of sp³-hybridized carbons (Fsp3) is 0.312. The highest BCUT2D eigenvalue weighted by Gasteiger charge is 2.49. The largest absolute Gasteiger partial charge is 0.323 e. The number of hydrogen-bond donors (Lipinski definition) is 1. The van der Waals surface area contributed by atoms with Crippen LogP contribution in [0, 0.1) is 6.92 Å². The van der Waals surface area contributed by atoms with Gasteiger partial charge in [0, 0.05) is 23.9 Å². The summed E-state index contributed by atoms with van der Waals surface area (Å²) in [7, 11) is 0. The quantitative estimate of drug-likeness (QED) is 0.892. The first kappa shape index (κ1) is 11.4. The van der Waals surface area contributed by atoms with Gasteiger partial charge >= 0.3 is 0 Å². The van der Waals surface area contributed by atoms with Crippen molar-refractivity contribution in [2.24, 2.45) is 5.73 Å². The summed E-state index contributed by atoms with van der Waals surface area (Å²) in [5, 5.41) is 0. The minimum atomic E-state index is 0.0484. The highest BCUT2D eigenvalue weighted by Crippen LogP contribution is 2.55. The Labute approximate surface area is 108 Å². The summed E-state index contributed by atoms with van der Waals surface area (Å²) in [6, 6.07) is 12.8. The van der Waals surface area contributed by atoms with E-state index in [1.54, 1.807) is 0 Å². The summed E-state index contributed by atoms with van der Waals surface area (Å²) in [5.41, 5.74) is 10.3. The molecule has 0 amide bonds. The molecular formula is C16H18N2. The molecule has 1 fully saturated rings. The second kappa shape index (κ2) is 4.21. The standard InChI is InChI=1S/C16H18N2/c1-12-9-13(11-18-10-12)15(17)16(7-8-16)14-5-3-2-4-6-14/h2-6,9-11,15H,7-8,17H2,1H3. The molecule has 1 aliphatic rings. The Kier molecular flexibility index (Phi) is 2.67. The summed E-state index contributed by atoms with van der Waals surface area (Å²) in [5.74, 6) is 0. The lowest BCUT2D eigenvalue weighted by Crippen LogP contribution is -2.26. The summed E-state index contributed by atoms with van der Waals surface area (Å²) < 4.78 is 0. The van der Waals surface area contributed by atoms with Gasteiger partial charge in [0.05, 0.1) is 0 Å². The van der Waals surface area contributed by atoms with Crippen LogP contribution >= 0.6 is 0 Å². The zero-order chi connectivity index (χ0) is 12.6. The first-order valence-electron chi connectivity index (χ1n) is 6.45. The molecule has 2 nitrogen and oxygen atoms in total. The van der Waals surface area contributed by atoms with Crippen LogP contribution in [0.15, 0.2) is 48.8 Å². The van der Waals surface area contributed by atoms with Crippen LogP contribution in [0.25, 0.3) is 0 Å². The summed E-state index contributed by atoms with van der Waals surface area (Å²) in [6.07, 6.45) is 6.12. The molecule has 0 bridgehead atoms. The lowest BCUT2D eigenvalue weighted by molar-refractivity contribution is 0.539. The van der Waals surface area contributed by atoms with E-state index in [2.05, 4.69) is 48.3 Å². The molecule has 1 atom stereocenters. The van der Waals surface area contributed by atoms with E-state index >= 15 is 0 Å². The molecule has 1 heterocycles. The van der Waals surface area contributed by atoms with Gasteiger partial charge in [0.2, 0.25) is 0 Å². The van der Waals surface area contributed by atoms with E-state index < -0.39 is 0 Å². The third-order valence-corrected chi connectivity index (χ3v) is 3.99. The van der Waals surface area contributed by atoms with E-state index in [4.69, 9.17) is 5.73 Å². The number of rotatable bonds is 3. The Morgan fingerprint density at radius 1 is 1.17 bits per heavy atom. The van der Waals surface area contributed by atoms with Crippen molar-refractivity contribution in [3.8, 4) is 0 Å². The average molecular weight is 238 g/mol. The van der Waals surface area contributed by atoms with Gasteiger partial charge < -0.3 is 5.73 Å². The van der Waals surface area contributed by atoms with Crippen LogP contribution in [0.2, 0.25) is 0 Å². The summed E-state index contributed by atoms with van der Waals surface area (Å²) >= 11 is 0. The van der Waals surface area contributed by atoms with E-state index in [9.17, 15) is 0 Å². The molecule has 1 aromatic carbocycles. The van der Waals surface area contributed by atoms with E-state index in [1.165, 1.54) is 24.0 Å². The van der Waals surface area contributed by atoms with E-state index in [1.807, 2.05) is 12.4 Å².